The molecule has 4 rings (SSSR count). The molecule has 3 amide bonds. The maximum atomic E-state index is 12.7. The second-order valence-corrected chi connectivity index (χ2v) is 6.11. The molecule has 3 heterocycles. The molecule has 1 N–H and O–H groups in total. The van der Waals surface area contributed by atoms with Crippen LogP contribution in [0.2, 0.25) is 0 Å². The van der Waals surface area contributed by atoms with E-state index in [9.17, 15) is 14.4 Å². The topological polar surface area (TPSA) is 92.1 Å². The van der Waals surface area contributed by atoms with Crippen LogP contribution < -0.4 is 10.1 Å². The van der Waals surface area contributed by atoms with Crippen molar-refractivity contribution in [3.63, 3.8) is 0 Å². The number of ether oxygens (including phenoxy) is 1. The summed E-state index contributed by atoms with van der Waals surface area (Å²) in [7, 11) is 0. The Balaban J connectivity index is 1.42. The fourth-order valence-electron chi connectivity index (χ4n) is 3.07. The third-order valence-corrected chi connectivity index (χ3v) is 4.45. The van der Waals surface area contributed by atoms with Gasteiger partial charge >= 0.3 is 0 Å². The molecule has 2 aromatic rings. The molecular formula is C18H17N3O5. The Bertz CT molecular complexity index is 854. The largest absolute Gasteiger partial charge is 0.482 e. The Kier molecular flexibility index (Phi) is 4.08. The number of nitrogens with zero attached hydrogens (tertiary/aromatic N) is 2. The molecule has 2 aliphatic heterocycles. The number of piperazine rings is 1. The lowest BCUT2D eigenvalue weighted by atomic mass is 10.1. The fourth-order valence-corrected chi connectivity index (χ4v) is 3.07. The van der Waals surface area contributed by atoms with E-state index in [-0.39, 0.29) is 24.3 Å². The highest BCUT2D eigenvalue weighted by atomic mass is 16.5. The molecule has 134 valence electrons. The quantitative estimate of drug-likeness (QED) is 0.874. The second kappa shape index (κ2) is 6.55. The van der Waals surface area contributed by atoms with Crippen LogP contribution in [0.5, 0.6) is 5.75 Å². The van der Waals surface area contributed by atoms with Gasteiger partial charge in [0.1, 0.15) is 5.75 Å². The van der Waals surface area contributed by atoms with Crippen molar-refractivity contribution in [1.82, 2.24) is 9.80 Å². The Morgan fingerprint density at radius 2 is 1.73 bits per heavy atom. The number of carbonyl (C=O) groups is 3. The third-order valence-electron chi connectivity index (χ3n) is 4.45. The predicted octanol–water partition coefficient (Wildman–Crippen LogP) is 1.21. The lowest BCUT2D eigenvalue weighted by molar-refractivity contribution is -0.118. The van der Waals surface area contributed by atoms with Gasteiger partial charge in [-0.2, -0.15) is 0 Å². The van der Waals surface area contributed by atoms with Gasteiger partial charge < -0.3 is 24.3 Å². The van der Waals surface area contributed by atoms with Gasteiger partial charge in [0.15, 0.2) is 12.4 Å². The number of hydrogen-bond acceptors (Lipinski definition) is 5. The average Bonchev–Trinajstić information content (AvgIpc) is 3.21. The Morgan fingerprint density at radius 1 is 1.00 bits per heavy atom. The molecule has 1 aromatic carbocycles. The van der Waals surface area contributed by atoms with Crippen LogP contribution in [0.1, 0.15) is 20.9 Å². The van der Waals surface area contributed by atoms with Gasteiger partial charge in [0, 0.05) is 31.7 Å². The normalized spacial score (nSPS) is 16.5. The van der Waals surface area contributed by atoms with Crippen molar-refractivity contribution < 1.29 is 23.5 Å². The molecule has 0 saturated carbocycles. The number of nitrogens with one attached hydrogen (secondary N) is 1. The summed E-state index contributed by atoms with van der Waals surface area (Å²) in [5, 5.41) is 2.70. The standard InChI is InChI=1S/C18H17N3O5/c22-16-11-26-14-4-3-12(10-13(14)19-16)17(23)20-5-7-21(8-6-20)18(24)15-2-1-9-25-15/h1-4,9-10H,5-8,11H2,(H,19,22). The maximum Gasteiger partial charge on any atom is 0.289 e. The molecule has 0 aliphatic carbocycles. The van der Waals surface area contributed by atoms with Crippen LogP contribution in [-0.2, 0) is 4.79 Å². The van der Waals surface area contributed by atoms with Crippen molar-refractivity contribution in [2.45, 2.75) is 0 Å². The molecule has 26 heavy (non-hydrogen) atoms. The minimum atomic E-state index is -0.243. The van der Waals surface area contributed by atoms with Gasteiger partial charge in [-0.05, 0) is 30.3 Å². The zero-order valence-corrected chi connectivity index (χ0v) is 13.9. The highest BCUT2D eigenvalue weighted by Crippen LogP contribution is 2.29. The first-order chi connectivity index (χ1) is 12.6. The summed E-state index contributed by atoms with van der Waals surface area (Å²) >= 11 is 0. The summed E-state index contributed by atoms with van der Waals surface area (Å²) in [5.41, 5.74) is 0.971. The van der Waals surface area contributed by atoms with Crippen LogP contribution in [0, 0.1) is 0 Å². The smallest absolute Gasteiger partial charge is 0.289 e. The highest BCUT2D eigenvalue weighted by Gasteiger charge is 2.27. The molecule has 8 nitrogen and oxygen atoms in total. The number of hydrogen-bond donors (Lipinski definition) is 1. The summed E-state index contributed by atoms with van der Waals surface area (Å²) < 4.78 is 10.4. The third kappa shape index (κ3) is 3.01. The van der Waals surface area contributed by atoms with Gasteiger partial charge in [-0.3, -0.25) is 14.4 Å². The van der Waals surface area contributed by atoms with Crippen LogP contribution in [-0.4, -0.2) is 60.3 Å². The van der Waals surface area contributed by atoms with E-state index in [1.54, 1.807) is 40.1 Å². The van der Waals surface area contributed by atoms with Crippen molar-refractivity contribution in [1.29, 1.82) is 0 Å². The first-order valence-electron chi connectivity index (χ1n) is 8.30. The maximum absolute atomic E-state index is 12.7. The van der Waals surface area contributed by atoms with E-state index in [0.29, 0.717) is 48.9 Å². The van der Waals surface area contributed by atoms with Crippen molar-refractivity contribution in [2.75, 3.05) is 38.1 Å². The summed E-state index contributed by atoms with van der Waals surface area (Å²) in [4.78, 5) is 39.8. The predicted molar refractivity (Wildman–Crippen MR) is 91.1 cm³/mol. The lowest BCUT2D eigenvalue weighted by Gasteiger charge is -2.34. The van der Waals surface area contributed by atoms with Crippen molar-refractivity contribution in [3.8, 4) is 5.75 Å². The highest BCUT2D eigenvalue weighted by molar-refractivity contribution is 6.00. The van der Waals surface area contributed by atoms with E-state index < -0.39 is 0 Å². The molecule has 1 fully saturated rings. The first kappa shape index (κ1) is 16.2. The first-order valence-corrected chi connectivity index (χ1v) is 8.30. The van der Waals surface area contributed by atoms with Crippen LogP contribution in [0.15, 0.2) is 41.0 Å². The number of furan rings is 1. The number of benzene rings is 1. The van der Waals surface area contributed by atoms with E-state index in [1.165, 1.54) is 6.26 Å². The van der Waals surface area contributed by atoms with Crippen molar-refractivity contribution >= 4 is 23.4 Å². The Hall–Kier alpha value is -3.29. The zero-order valence-electron chi connectivity index (χ0n) is 13.9. The fraction of sp³-hybridized carbons (Fsp3) is 0.278. The number of fused-ring (bicyclic) bond motifs is 1. The summed E-state index contributed by atoms with van der Waals surface area (Å²) in [6.07, 6.45) is 1.46. The monoisotopic (exact) mass is 355 g/mol. The number of carbonyl (C=O) groups excluding carboxylic acids is 3. The number of anilines is 1. The SMILES string of the molecule is O=C1COc2ccc(C(=O)N3CCN(C(=O)c4ccco4)CC3)cc2N1. The molecule has 2 aliphatic rings. The van der Waals surface area contributed by atoms with Crippen molar-refractivity contribution in [2.24, 2.45) is 0 Å². The molecule has 0 spiro atoms. The minimum Gasteiger partial charge on any atom is -0.482 e. The average molecular weight is 355 g/mol. The van der Waals surface area contributed by atoms with Crippen molar-refractivity contribution in [3.05, 3.63) is 47.9 Å². The van der Waals surface area contributed by atoms with Gasteiger partial charge in [-0.25, -0.2) is 0 Å². The van der Waals surface area contributed by atoms with E-state index in [0.717, 1.165) is 0 Å². The van der Waals surface area contributed by atoms with E-state index in [1.807, 2.05) is 0 Å². The minimum absolute atomic E-state index is 0.0219. The molecule has 0 radical (unpaired) electrons. The van der Waals surface area contributed by atoms with E-state index in [4.69, 9.17) is 9.15 Å². The van der Waals surface area contributed by atoms with Gasteiger partial charge in [0.2, 0.25) is 0 Å². The van der Waals surface area contributed by atoms with Gasteiger partial charge in [-0.15, -0.1) is 0 Å². The number of amides is 3. The molecule has 1 aromatic heterocycles. The Morgan fingerprint density at radius 3 is 2.42 bits per heavy atom. The van der Waals surface area contributed by atoms with Gasteiger partial charge in [-0.1, -0.05) is 0 Å². The molecule has 1 saturated heterocycles. The molecule has 0 unspecified atom stereocenters. The van der Waals surface area contributed by atoms with Crippen LogP contribution in [0.25, 0.3) is 0 Å². The molecule has 8 heteroatoms. The summed E-state index contributed by atoms with van der Waals surface area (Å²) in [5.74, 6) is 0.297. The van der Waals surface area contributed by atoms with E-state index in [2.05, 4.69) is 5.32 Å². The summed E-state index contributed by atoms with van der Waals surface area (Å²) in [6.45, 7) is 1.73. The molecule has 0 bridgehead atoms. The summed E-state index contributed by atoms with van der Waals surface area (Å²) in [6, 6.07) is 8.28. The van der Waals surface area contributed by atoms with Crippen LogP contribution in [0.3, 0.4) is 0 Å². The lowest BCUT2D eigenvalue weighted by Crippen LogP contribution is -2.50. The van der Waals surface area contributed by atoms with Gasteiger partial charge in [0.25, 0.3) is 17.7 Å². The zero-order chi connectivity index (χ0) is 18.1. The van der Waals surface area contributed by atoms with Crippen LogP contribution in [0.4, 0.5) is 5.69 Å². The number of rotatable bonds is 2. The van der Waals surface area contributed by atoms with Crippen LogP contribution >= 0.6 is 0 Å². The Labute approximate surface area is 149 Å². The second-order valence-electron chi connectivity index (χ2n) is 6.11. The van der Waals surface area contributed by atoms with E-state index >= 15 is 0 Å². The molecular weight excluding hydrogens is 338 g/mol. The van der Waals surface area contributed by atoms with Gasteiger partial charge in [0.05, 0.1) is 12.0 Å². The molecule has 0 atom stereocenters.